The third-order valence-electron chi connectivity index (χ3n) is 1.79. The number of hydrogen-bond acceptors (Lipinski definition) is 3. The van der Waals surface area contributed by atoms with Crippen LogP contribution in [0.1, 0.15) is 5.69 Å². The first kappa shape index (κ1) is 10.4. The third-order valence-corrected chi connectivity index (χ3v) is 1.79. The molecule has 0 amide bonds. The monoisotopic (exact) mass is 191 g/mol. The van der Waals surface area contributed by atoms with E-state index in [2.05, 4.69) is 23.5 Å². The van der Waals surface area contributed by atoms with Gasteiger partial charge in [0.2, 0.25) is 0 Å². The van der Waals surface area contributed by atoms with Crippen LogP contribution in [0, 0.1) is 0 Å². The summed E-state index contributed by atoms with van der Waals surface area (Å²) < 4.78 is 1.62. The van der Waals surface area contributed by atoms with Crippen molar-refractivity contribution in [3.05, 3.63) is 48.8 Å². The minimum Gasteiger partial charge on any atom is -0.390 e. The number of nitrogens with zero attached hydrogens (tertiary/aromatic N) is 3. The van der Waals surface area contributed by atoms with Crippen molar-refractivity contribution in [3.63, 3.8) is 0 Å². The van der Waals surface area contributed by atoms with Crippen molar-refractivity contribution in [1.29, 1.82) is 0 Å². The van der Waals surface area contributed by atoms with Crippen LogP contribution in [0.4, 0.5) is 0 Å². The molecule has 0 unspecified atom stereocenters. The summed E-state index contributed by atoms with van der Waals surface area (Å²) in [7, 11) is 0. The van der Waals surface area contributed by atoms with Gasteiger partial charge in [-0.25, -0.2) is 4.68 Å². The maximum atomic E-state index is 8.96. The quantitative estimate of drug-likeness (QED) is 0.708. The van der Waals surface area contributed by atoms with Crippen molar-refractivity contribution in [1.82, 2.24) is 15.0 Å². The van der Waals surface area contributed by atoms with Crippen molar-refractivity contribution in [2.75, 3.05) is 0 Å². The molecule has 74 valence electrons. The summed E-state index contributed by atoms with van der Waals surface area (Å²) >= 11 is 0. The Kier molecular flexibility index (Phi) is 3.82. The predicted molar refractivity (Wildman–Crippen MR) is 54.4 cm³/mol. The van der Waals surface area contributed by atoms with Gasteiger partial charge in [-0.1, -0.05) is 36.6 Å². The van der Waals surface area contributed by atoms with Crippen LogP contribution in [0.15, 0.2) is 43.2 Å². The average Bonchev–Trinajstić information content (AvgIpc) is 2.64. The lowest BCUT2D eigenvalue weighted by Gasteiger charge is -2.03. The van der Waals surface area contributed by atoms with Crippen LogP contribution < -0.4 is 0 Å². The van der Waals surface area contributed by atoms with Crippen molar-refractivity contribution in [2.45, 2.75) is 13.2 Å². The van der Waals surface area contributed by atoms with Crippen LogP contribution >= 0.6 is 0 Å². The second kappa shape index (κ2) is 5.14. The number of aliphatic hydroxyl groups excluding tert-OH is 1. The van der Waals surface area contributed by atoms with E-state index >= 15 is 0 Å². The van der Waals surface area contributed by atoms with Crippen LogP contribution in [0.25, 0.3) is 0 Å². The first-order chi connectivity index (χ1) is 6.81. The molecule has 1 aromatic rings. The molecule has 0 radical (unpaired) electrons. The van der Waals surface area contributed by atoms with Crippen molar-refractivity contribution in [3.8, 4) is 0 Å². The molecule has 0 bridgehead atoms. The Morgan fingerprint density at radius 1 is 1.57 bits per heavy atom. The predicted octanol–water partition coefficient (Wildman–Crippen LogP) is 1.07. The number of rotatable bonds is 5. The smallest absolute Gasteiger partial charge is 0.0866 e. The summed E-state index contributed by atoms with van der Waals surface area (Å²) in [6.07, 6.45) is 6.79. The fourth-order valence-electron chi connectivity index (χ4n) is 1.04. The van der Waals surface area contributed by atoms with E-state index in [0.29, 0.717) is 12.2 Å². The largest absolute Gasteiger partial charge is 0.390 e. The molecule has 4 nitrogen and oxygen atoms in total. The molecule has 0 atom stereocenters. The Bertz CT molecular complexity index is 352. The molecule has 1 aromatic heterocycles. The van der Waals surface area contributed by atoms with Gasteiger partial charge in [-0.15, -0.1) is 5.10 Å². The minimum atomic E-state index is -0.0640. The molecule has 0 spiro atoms. The highest BCUT2D eigenvalue weighted by atomic mass is 16.3. The summed E-state index contributed by atoms with van der Waals surface area (Å²) in [6.45, 7) is 7.76. The van der Waals surface area contributed by atoms with E-state index in [-0.39, 0.29) is 6.61 Å². The highest BCUT2D eigenvalue weighted by Gasteiger charge is 2.02. The Morgan fingerprint density at radius 2 is 2.36 bits per heavy atom. The topological polar surface area (TPSA) is 50.9 Å². The Morgan fingerprint density at radius 3 is 2.93 bits per heavy atom. The Balaban J connectivity index is 2.81. The number of allylic oxidation sites excluding steroid dienone is 4. The Labute approximate surface area is 82.9 Å². The van der Waals surface area contributed by atoms with Gasteiger partial charge in [0.15, 0.2) is 0 Å². The maximum Gasteiger partial charge on any atom is 0.0866 e. The lowest BCUT2D eigenvalue weighted by Crippen LogP contribution is -2.06. The van der Waals surface area contributed by atoms with Crippen molar-refractivity contribution >= 4 is 0 Å². The molecule has 0 saturated heterocycles. The van der Waals surface area contributed by atoms with Gasteiger partial charge in [-0.3, -0.25) is 0 Å². The van der Waals surface area contributed by atoms with Gasteiger partial charge in [-0.05, 0) is 5.57 Å². The van der Waals surface area contributed by atoms with E-state index < -0.39 is 0 Å². The van der Waals surface area contributed by atoms with Gasteiger partial charge in [0.1, 0.15) is 0 Å². The number of aliphatic hydroxyl groups is 1. The highest BCUT2D eigenvalue weighted by Crippen LogP contribution is 2.03. The van der Waals surface area contributed by atoms with Crippen molar-refractivity contribution < 1.29 is 5.11 Å². The molecule has 0 aliphatic heterocycles. The molecule has 1 N–H and O–H groups in total. The standard InChI is InChI=1S/C10H13N3O/c1-3-5-9(4-2)7-13-10(8-14)6-11-12-13/h3-6,14H,1-2,7-8H2/b9-5+. The molecule has 0 aromatic carbocycles. The maximum absolute atomic E-state index is 8.96. The van der Waals surface area contributed by atoms with Gasteiger partial charge in [0.25, 0.3) is 0 Å². The molecule has 0 saturated carbocycles. The molecule has 0 fully saturated rings. The zero-order valence-corrected chi connectivity index (χ0v) is 7.93. The number of hydrogen-bond donors (Lipinski definition) is 1. The second-order valence-corrected chi connectivity index (χ2v) is 2.72. The van der Waals surface area contributed by atoms with Crippen molar-refractivity contribution in [2.24, 2.45) is 0 Å². The number of aromatic nitrogens is 3. The van der Waals surface area contributed by atoms with Crippen LogP contribution in [0.5, 0.6) is 0 Å². The molecule has 14 heavy (non-hydrogen) atoms. The molecule has 0 aliphatic carbocycles. The van der Waals surface area contributed by atoms with E-state index in [1.807, 2.05) is 6.08 Å². The SMILES string of the molecule is C=C/C=C(\C=C)Cn1nncc1CO. The molecule has 1 rings (SSSR count). The van der Waals surface area contributed by atoms with Crippen LogP contribution in [-0.4, -0.2) is 20.1 Å². The second-order valence-electron chi connectivity index (χ2n) is 2.72. The van der Waals surface area contributed by atoms with Crippen LogP contribution in [0.3, 0.4) is 0 Å². The zero-order valence-electron chi connectivity index (χ0n) is 7.93. The lowest BCUT2D eigenvalue weighted by molar-refractivity contribution is 0.269. The normalized spacial score (nSPS) is 11.4. The highest BCUT2D eigenvalue weighted by molar-refractivity contribution is 5.21. The molecule has 4 heteroatoms. The third kappa shape index (κ3) is 2.40. The molecule has 0 aliphatic rings. The molecular formula is C10H13N3O. The van der Waals surface area contributed by atoms with Gasteiger partial charge >= 0.3 is 0 Å². The van der Waals surface area contributed by atoms with Crippen LogP contribution in [-0.2, 0) is 13.2 Å². The fraction of sp³-hybridized carbons (Fsp3) is 0.200. The first-order valence-electron chi connectivity index (χ1n) is 4.24. The molecule has 1 heterocycles. The summed E-state index contributed by atoms with van der Waals surface area (Å²) in [6, 6.07) is 0. The van der Waals surface area contributed by atoms with E-state index in [9.17, 15) is 0 Å². The minimum absolute atomic E-state index is 0.0640. The van der Waals surface area contributed by atoms with E-state index in [4.69, 9.17) is 5.11 Å². The summed E-state index contributed by atoms with van der Waals surface area (Å²) in [4.78, 5) is 0. The van der Waals surface area contributed by atoms with Gasteiger partial charge in [0, 0.05) is 0 Å². The summed E-state index contributed by atoms with van der Waals surface area (Å²) in [5.41, 5.74) is 1.65. The van der Waals surface area contributed by atoms with E-state index in [0.717, 1.165) is 5.57 Å². The summed E-state index contributed by atoms with van der Waals surface area (Å²) in [5.74, 6) is 0. The van der Waals surface area contributed by atoms with E-state index in [1.54, 1.807) is 16.8 Å². The average molecular weight is 191 g/mol. The van der Waals surface area contributed by atoms with Gasteiger partial charge in [0.05, 0.1) is 25.0 Å². The molecular weight excluding hydrogens is 178 g/mol. The lowest BCUT2D eigenvalue weighted by atomic mass is 10.2. The first-order valence-corrected chi connectivity index (χ1v) is 4.24. The summed E-state index contributed by atoms with van der Waals surface area (Å²) in [5, 5.41) is 16.5. The Hall–Kier alpha value is -1.68. The van der Waals surface area contributed by atoms with Gasteiger partial charge in [-0.2, -0.15) is 0 Å². The van der Waals surface area contributed by atoms with Crippen LogP contribution in [0.2, 0.25) is 0 Å². The van der Waals surface area contributed by atoms with E-state index in [1.165, 1.54) is 6.20 Å². The van der Waals surface area contributed by atoms with Gasteiger partial charge < -0.3 is 5.11 Å². The fourth-order valence-corrected chi connectivity index (χ4v) is 1.04. The zero-order chi connectivity index (χ0) is 10.4.